The highest BCUT2D eigenvalue weighted by molar-refractivity contribution is 5.83. The van der Waals surface area contributed by atoms with Crippen LogP contribution >= 0.6 is 0 Å². The van der Waals surface area contributed by atoms with Crippen molar-refractivity contribution in [3.63, 3.8) is 0 Å². The second kappa shape index (κ2) is 7.41. The lowest BCUT2D eigenvalue weighted by Crippen LogP contribution is -2.26. The number of methoxy groups -OCH3 is 2. The molecule has 1 heterocycles. The fourth-order valence-corrected chi connectivity index (χ4v) is 2.63. The van der Waals surface area contributed by atoms with Crippen LogP contribution in [0.1, 0.15) is 6.92 Å². The number of aliphatic carboxylic acids is 1. The molecule has 0 aliphatic heterocycles. The van der Waals surface area contributed by atoms with Crippen molar-refractivity contribution < 1.29 is 28.5 Å². The molecule has 0 spiro atoms. The minimum atomic E-state index is -1.23. The van der Waals surface area contributed by atoms with Gasteiger partial charge in [-0.25, -0.2) is 4.79 Å². The Morgan fingerprint density at radius 1 is 1.07 bits per heavy atom. The van der Waals surface area contributed by atoms with E-state index in [0.29, 0.717) is 28.0 Å². The molecule has 3 rings (SSSR count). The van der Waals surface area contributed by atoms with Crippen LogP contribution in [0.5, 0.6) is 17.2 Å². The van der Waals surface area contributed by atoms with Gasteiger partial charge in [0.2, 0.25) is 11.2 Å². The number of rotatable bonds is 6. The van der Waals surface area contributed by atoms with Gasteiger partial charge in [0.15, 0.2) is 23.4 Å². The van der Waals surface area contributed by atoms with E-state index in [2.05, 4.69) is 0 Å². The summed E-state index contributed by atoms with van der Waals surface area (Å²) in [5, 5.41) is 9.47. The summed E-state index contributed by atoms with van der Waals surface area (Å²) in [4.78, 5) is 24.1. The Labute approximate surface area is 154 Å². The molecule has 0 aliphatic rings. The number of ether oxygens (including phenoxy) is 3. The molecule has 1 aromatic heterocycles. The quantitative estimate of drug-likeness (QED) is 0.711. The molecule has 2 aromatic carbocycles. The zero-order chi connectivity index (χ0) is 19.6. The lowest BCUT2D eigenvalue weighted by atomic mass is 10.1. The van der Waals surface area contributed by atoms with Crippen LogP contribution in [0.2, 0.25) is 0 Å². The Balaban J connectivity index is 2.27. The second-order valence-electron chi connectivity index (χ2n) is 5.75. The Kier molecular flexibility index (Phi) is 5.03. The Morgan fingerprint density at radius 2 is 1.78 bits per heavy atom. The van der Waals surface area contributed by atoms with Gasteiger partial charge in [0, 0.05) is 5.56 Å². The van der Waals surface area contributed by atoms with Crippen LogP contribution in [-0.2, 0) is 4.79 Å². The van der Waals surface area contributed by atoms with Gasteiger partial charge >= 0.3 is 5.97 Å². The van der Waals surface area contributed by atoms with E-state index in [9.17, 15) is 9.59 Å². The van der Waals surface area contributed by atoms with Crippen molar-refractivity contribution in [2.24, 2.45) is 0 Å². The van der Waals surface area contributed by atoms with Gasteiger partial charge in [-0.1, -0.05) is 12.1 Å². The van der Waals surface area contributed by atoms with Crippen molar-refractivity contribution in [3.05, 3.63) is 52.7 Å². The van der Waals surface area contributed by atoms with E-state index >= 15 is 0 Å². The molecule has 0 fully saturated rings. The van der Waals surface area contributed by atoms with Crippen LogP contribution in [0.3, 0.4) is 0 Å². The van der Waals surface area contributed by atoms with E-state index < -0.39 is 17.5 Å². The maximum Gasteiger partial charge on any atom is 0.344 e. The number of fused-ring (bicyclic) bond motifs is 1. The monoisotopic (exact) mass is 370 g/mol. The van der Waals surface area contributed by atoms with E-state index in [4.69, 9.17) is 23.7 Å². The number of hydrogen-bond donors (Lipinski definition) is 1. The first-order valence-electron chi connectivity index (χ1n) is 8.14. The van der Waals surface area contributed by atoms with Crippen molar-refractivity contribution in [2.45, 2.75) is 13.0 Å². The summed E-state index contributed by atoms with van der Waals surface area (Å²) in [5.41, 5.74) is 0.403. The Hall–Kier alpha value is -3.48. The van der Waals surface area contributed by atoms with E-state index in [1.165, 1.54) is 21.1 Å². The average molecular weight is 370 g/mol. The smallest absolute Gasteiger partial charge is 0.344 e. The van der Waals surface area contributed by atoms with Crippen LogP contribution in [0, 0.1) is 0 Å². The maximum absolute atomic E-state index is 12.9. The minimum Gasteiger partial charge on any atom is -0.493 e. The summed E-state index contributed by atoms with van der Waals surface area (Å²) in [6.45, 7) is 1.34. The van der Waals surface area contributed by atoms with Gasteiger partial charge in [0.1, 0.15) is 5.58 Å². The van der Waals surface area contributed by atoms with Crippen molar-refractivity contribution in [2.75, 3.05) is 14.2 Å². The largest absolute Gasteiger partial charge is 0.493 e. The molecule has 140 valence electrons. The van der Waals surface area contributed by atoms with Gasteiger partial charge in [0.05, 0.1) is 19.6 Å². The van der Waals surface area contributed by atoms with Crippen LogP contribution in [0.25, 0.3) is 22.3 Å². The fraction of sp³-hybridized carbons (Fsp3) is 0.200. The standard InChI is InChI=1S/C20H18O7/c1-11(20(22)23)26-19-17(21)13-6-4-5-7-14(13)27-18(19)12-8-9-15(24-2)16(10-12)25-3/h4-11H,1-3H3,(H,22,23)/t11-/m0/s1. The summed E-state index contributed by atoms with van der Waals surface area (Å²) in [7, 11) is 3.00. The first kappa shape index (κ1) is 18.3. The van der Waals surface area contributed by atoms with Crippen molar-refractivity contribution in [1.29, 1.82) is 0 Å². The van der Waals surface area contributed by atoms with Crippen molar-refractivity contribution in [1.82, 2.24) is 0 Å². The Morgan fingerprint density at radius 3 is 2.44 bits per heavy atom. The molecule has 27 heavy (non-hydrogen) atoms. The highest BCUT2D eigenvalue weighted by Crippen LogP contribution is 2.36. The molecule has 7 nitrogen and oxygen atoms in total. The fourth-order valence-electron chi connectivity index (χ4n) is 2.63. The van der Waals surface area contributed by atoms with Crippen LogP contribution in [0.15, 0.2) is 51.7 Å². The van der Waals surface area contributed by atoms with E-state index in [-0.39, 0.29) is 11.5 Å². The lowest BCUT2D eigenvalue weighted by molar-refractivity contribution is -0.144. The van der Waals surface area contributed by atoms with Gasteiger partial charge in [0.25, 0.3) is 0 Å². The van der Waals surface area contributed by atoms with E-state index in [1.54, 1.807) is 42.5 Å². The predicted octanol–water partition coefficient (Wildman–Crippen LogP) is 3.33. The van der Waals surface area contributed by atoms with E-state index in [0.717, 1.165) is 0 Å². The lowest BCUT2D eigenvalue weighted by Gasteiger charge is -2.15. The molecule has 0 aliphatic carbocycles. The van der Waals surface area contributed by atoms with Gasteiger partial charge in [-0.2, -0.15) is 0 Å². The SMILES string of the molecule is COc1ccc(-c2oc3ccccc3c(=O)c2O[C@@H](C)C(=O)O)cc1OC. The topological polar surface area (TPSA) is 95.2 Å². The highest BCUT2D eigenvalue weighted by atomic mass is 16.5. The van der Waals surface area contributed by atoms with Crippen molar-refractivity contribution in [3.8, 4) is 28.6 Å². The van der Waals surface area contributed by atoms with Gasteiger partial charge in [-0.3, -0.25) is 4.79 Å². The number of para-hydroxylation sites is 1. The van der Waals surface area contributed by atoms with Crippen LogP contribution < -0.4 is 19.6 Å². The second-order valence-corrected chi connectivity index (χ2v) is 5.75. The summed E-state index contributed by atoms with van der Waals surface area (Å²) in [5.74, 6) is -0.307. The summed E-state index contributed by atoms with van der Waals surface area (Å²) in [6, 6.07) is 11.7. The van der Waals surface area contributed by atoms with Gasteiger partial charge < -0.3 is 23.7 Å². The van der Waals surface area contributed by atoms with Crippen molar-refractivity contribution >= 4 is 16.9 Å². The molecule has 7 heteroatoms. The predicted molar refractivity (Wildman–Crippen MR) is 98.7 cm³/mol. The first-order valence-corrected chi connectivity index (χ1v) is 8.14. The summed E-state index contributed by atoms with van der Waals surface area (Å²) < 4.78 is 21.9. The minimum absolute atomic E-state index is 0.118. The zero-order valence-electron chi connectivity index (χ0n) is 15.0. The normalized spacial score (nSPS) is 11.8. The molecule has 0 unspecified atom stereocenters. The molecular weight excluding hydrogens is 352 g/mol. The molecule has 3 aromatic rings. The first-order chi connectivity index (χ1) is 13.0. The molecule has 0 amide bonds. The molecule has 0 radical (unpaired) electrons. The van der Waals surface area contributed by atoms with Gasteiger partial charge in [-0.15, -0.1) is 0 Å². The highest BCUT2D eigenvalue weighted by Gasteiger charge is 2.23. The van der Waals surface area contributed by atoms with Crippen LogP contribution in [-0.4, -0.2) is 31.4 Å². The molecule has 0 bridgehead atoms. The molecule has 0 saturated carbocycles. The molecule has 1 N–H and O–H groups in total. The third kappa shape index (κ3) is 3.44. The number of benzene rings is 2. The maximum atomic E-state index is 12.9. The summed E-state index contributed by atoms with van der Waals surface area (Å²) >= 11 is 0. The summed E-state index contributed by atoms with van der Waals surface area (Å²) in [6.07, 6.45) is -1.23. The number of hydrogen-bond acceptors (Lipinski definition) is 6. The molecule has 1 atom stereocenters. The average Bonchev–Trinajstić information content (AvgIpc) is 2.69. The molecular formula is C20H18O7. The van der Waals surface area contributed by atoms with E-state index in [1.807, 2.05) is 0 Å². The van der Waals surface area contributed by atoms with Crippen LogP contribution in [0.4, 0.5) is 0 Å². The number of carboxylic acid groups (broad SMARTS) is 1. The zero-order valence-corrected chi connectivity index (χ0v) is 15.0. The number of carbonyl (C=O) groups is 1. The third-order valence-corrected chi connectivity index (χ3v) is 4.04. The molecule has 0 saturated heterocycles. The number of carboxylic acids is 1. The van der Waals surface area contributed by atoms with Gasteiger partial charge in [-0.05, 0) is 37.3 Å². The third-order valence-electron chi connectivity index (χ3n) is 4.04. The Bertz CT molecular complexity index is 1050.